The molecule has 3 N–H and O–H groups in total. The second-order valence-corrected chi connectivity index (χ2v) is 11.3. The van der Waals surface area contributed by atoms with E-state index in [1.807, 2.05) is 18.8 Å². The molecule has 1 saturated heterocycles. The van der Waals surface area contributed by atoms with E-state index >= 15 is 4.39 Å². The van der Waals surface area contributed by atoms with E-state index in [2.05, 4.69) is 5.09 Å². The summed E-state index contributed by atoms with van der Waals surface area (Å²) in [7, 11) is -4.36. The number of ether oxygens (including phenoxy) is 2. The Morgan fingerprint density at radius 2 is 1.95 bits per heavy atom. The van der Waals surface area contributed by atoms with Gasteiger partial charge in [-0.2, -0.15) is 5.09 Å². The lowest BCUT2D eigenvalue weighted by molar-refractivity contribution is -0.146. The Hall–Kier alpha value is -2.54. The van der Waals surface area contributed by atoms with Crippen molar-refractivity contribution >= 4 is 25.3 Å². The van der Waals surface area contributed by atoms with Gasteiger partial charge in [-0.15, -0.1) is 0 Å². The molecule has 15 heteroatoms. The molecule has 2 heterocycles. The van der Waals surface area contributed by atoms with Crippen LogP contribution in [-0.2, 0) is 23.4 Å². The highest BCUT2D eigenvalue weighted by Crippen LogP contribution is 2.48. The van der Waals surface area contributed by atoms with Crippen molar-refractivity contribution in [3.8, 4) is 5.75 Å². The summed E-state index contributed by atoms with van der Waals surface area (Å²) in [5.41, 5.74) is -1.75. The first-order valence-corrected chi connectivity index (χ1v) is 14.3. The van der Waals surface area contributed by atoms with Gasteiger partial charge in [-0.1, -0.05) is 56.5 Å². The zero-order chi connectivity index (χ0) is 28.8. The van der Waals surface area contributed by atoms with Crippen molar-refractivity contribution in [3.05, 3.63) is 63.4 Å². The third-order valence-electron chi connectivity index (χ3n) is 6.18. The van der Waals surface area contributed by atoms with Gasteiger partial charge in [-0.05, 0) is 25.0 Å². The molecule has 0 saturated carbocycles. The number of alkyl halides is 2. The normalized spacial score (nSPS) is 25.3. The summed E-state index contributed by atoms with van der Waals surface area (Å²) in [6, 6.07) is 7.75. The van der Waals surface area contributed by atoms with Crippen LogP contribution in [-0.4, -0.2) is 57.2 Å². The minimum Gasteiger partial charge on any atom is -0.464 e. The lowest BCUT2D eigenvalue weighted by atomic mass is 10.1. The van der Waals surface area contributed by atoms with Crippen LogP contribution in [0.15, 0.2) is 52.2 Å². The highest BCUT2D eigenvalue weighted by molar-refractivity contribution is 7.52. The average molecular weight is 592 g/mol. The van der Waals surface area contributed by atoms with Crippen molar-refractivity contribution in [2.75, 3.05) is 13.2 Å². The molecule has 12 nitrogen and oxygen atoms in total. The fourth-order valence-corrected chi connectivity index (χ4v) is 5.54. The molecule has 39 heavy (non-hydrogen) atoms. The first-order chi connectivity index (χ1) is 18.4. The molecule has 0 amide bonds. The summed E-state index contributed by atoms with van der Waals surface area (Å²) in [5, 5.41) is 9.98. The number of nitrogens with one attached hydrogen (secondary N) is 2. The van der Waals surface area contributed by atoms with Crippen LogP contribution in [0.2, 0.25) is 0 Å². The third kappa shape index (κ3) is 7.77. The molecule has 0 bridgehead atoms. The van der Waals surface area contributed by atoms with Gasteiger partial charge in [-0.25, -0.2) is 13.8 Å². The predicted molar refractivity (Wildman–Crippen MR) is 139 cm³/mol. The third-order valence-corrected chi connectivity index (χ3v) is 8.24. The second kappa shape index (κ2) is 13.2. The van der Waals surface area contributed by atoms with E-state index in [0.717, 1.165) is 25.1 Å². The summed E-state index contributed by atoms with van der Waals surface area (Å²) >= 11 is 5.89. The standard InChI is InChI=1S/C24H32ClFN3O9P/c1-4-16(5-2)13-35-21(32)15(3)28-39(34,38-17-9-7-6-8-10-17)36-14-18-20(31)24(25,26)22(37-18)29-12-11-19(30)27-23(29)33/h6-12,15-16,18,20,22,31H,4-5,13-14H2,1-3H3,(H,28,34)(H,27,30,33). The summed E-state index contributed by atoms with van der Waals surface area (Å²) in [6.07, 6.45) is -2.83. The van der Waals surface area contributed by atoms with Gasteiger partial charge in [0.25, 0.3) is 10.7 Å². The number of benzene rings is 1. The number of aliphatic hydroxyl groups is 1. The zero-order valence-corrected chi connectivity index (χ0v) is 23.3. The van der Waals surface area contributed by atoms with E-state index in [4.69, 9.17) is 30.1 Å². The molecule has 1 aliphatic rings. The first kappa shape index (κ1) is 31.0. The molecule has 0 aliphatic carbocycles. The largest absolute Gasteiger partial charge is 0.464 e. The number of aromatic amines is 1. The molecule has 0 spiro atoms. The van der Waals surface area contributed by atoms with Crippen molar-refractivity contribution < 1.29 is 37.4 Å². The summed E-state index contributed by atoms with van der Waals surface area (Å²) in [4.78, 5) is 38.0. The lowest BCUT2D eigenvalue weighted by Crippen LogP contribution is -2.42. The van der Waals surface area contributed by atoms with Gasteiger partial charge in [-0.3, -0.25) is 23.7 Å². The van der Waals surface area contributed by atoms with Crippen molar-refractivity contribution in [2.45, 2.75) is 63.2 Å². The quantitative estimate of drug-likeness (QED) is 0.180. The summed E-state index contributed by atoms with van der Waals surface area (Å²) in [6.45, 7) is 4.82. The first-order valence-electron chi connectivity index (χ1n) is 12.4. The molecule has 1 fully saturated rings. The van der Waals surface area contributed by atoms with Crippen LogP contribution in [0.1, 0.15) is 39.8 Å². The van der Waals surface area contributed by atoms with Gasteiger partial charge >= 0.3 is 19.4 Å². The Morgan fingerprint density at radius 3 is 2.56 bits per heavy atom. The van der Waals surface area contributed by atoms with Gasteiger partial charge in [0.15, 0.2) is 6.23 Å². The molecule has 2 aromatic rings. The lowest BCUT2D eigenvalue weighted by Gasteiger charge is -2.25. The van der Waals surface area contributed by atoms with Crippen LogP contribution in [0, 0.1) is 5.92 Å². The Morgan fingerprint density at radius 1 is 1.28 bits per heavy atom. The van der Waals surface area contributed by atoms with Gasteiger partial charge in [0, 0.05) is 12.3 Å². The van der Waals surface area contributed by atoms with Crippen LogP contribution in [0.3, 0.4) is 0 Å². The monoisotopic (exact) mass is 591 g/mol. The van der Waals surface area contributed by atoms with Crippen molar-refractivity contribution in [1.82, 2.24) is 14.6 Å². The molecule has 216 valence electrons. The highest BCUT2D eigenvalue weighted by atomic mass is 35.5. The van der Waals surface area contributed by atoms with E-state index in [-0.39, 0.29) is 18.3 Å². The average Bonchev–Trinajstić information content (AvgIpc) is 3.12. The zero-order valence-electron chi connectivity index (χ0n) is 21.6. The fraction of sp³-hybridized carbons (Fsp3) is 0.542. The number of carbonyl (C=O) groups excluding carboxylic acids is 1. The molecule has 6 unspecified atom stereocenters. The van der Waals surface area contributed by atoms with Crippen LogP contribution < -0.4 is 20.9 Å². The summed E-state index contributed by atoms with van der Waals surface area (Å²) < 4.78 is 51.4. The van der Waals surface area contributed by atoms with Crippen molar-refractivity contribution in [2.24, 2.45) is 5.92 Å². The number of H-pyrrole nitrogens is 1. The topological polar surface area (TPSA) is 158 Å². The maximum atomic E-state index is 15.3. The number of hydrogen-bond donors (Lipinski definition) is 3. The van der Waals surface area contributed by atoms with Gasteiger partial charge in [0.1, 0.15) is 24.0 Å². The Bertz CT molecular complexity index is 1270. The number of hydrogen-bond acceptors (Lipinski definition) is 9. The number of aromatic nitrogens is 2. The molecular formula is C24H32ClFN3O9P. The molecule has 3 rings (SSSR count). The molecule has 1 aromatic carbocycles. The number of rotatable bonds is 13. The van der Waals surface area contributed by atoms with Crippen LogP contribution >= 0.6 is 19.3 Å². The smallest absolute Gasteiger partial charge is 0.459 e. The number of halogens is 2. The second-order valence-electron chi connectivity index (χ2n) is 9.02. The number of nitrogens with zero attached hydrogens (tertiary/aromatic N) is 1. The van der Waals surface area contributed by atoms with E-state index in [1.165, 1.54) is 19.1 Å². The van der Waals surface area contributed by atoms with E-state index < -0.39 is 61.2 Å². The van der Waals surface area contributed by atoms with E-state index in [1.54, 1.807) is 18.2 Å². The van der Waals surface area contributed by atoms with E-state index in [0.29, 0.717) is 4.57 Å². The maximum Gasteiger partial charge on any atom is 0.459 e. The highest BCUT2D eigenvalue weighted by Gasteiger charge is 2.58. The van der Waals surface area contributed by atoms with Gasteiger partial charge in [0.05, 0.1) is 13.2 Å². The molecule has 6 atom stereocenters. The Kier molecular flexibility index (Phi) is 10.5. The van der Waals surface area contributed by atoms with Crippen LogP contribution in [0.4, 0.5) is 4.39 Å². The number of aliphatic hydroxyl groups excluding tert-OH is 1. The minimum absolute atomic E-state index is 0.133. The minimum atomic E-state index is -4.36. The maximum absolute atomic E-state index is 15.3. The Balaban J connectivity index is 1.76. The van der Waals surface area contributed by atoms with Gasteiger partial charge < -0.3 is 19.1 Å². The number of carbonyl (C=O) groups is 1. The van der Waals surface area contributed by atoms with Crippen LogP contribution in [0.25, 0.3) is 0 Å². The van der Waals surface area contributed by atoms with Crippen molar-refractivity contribution in [3.63, 3.8) is 0 Å². The summed E-state index contributed by atoms with van der Waals surface area (Å²) in [5.74, 6) is -0.389. The molecular weight excluding hydrogens is 560 g/mol. The number of esters is 1. The van der Waals surface area contributed by atoms with Gasteiger partial charge in [0.2, 0.25) is 0 Å². The number of para-hydroxylation sites is 1. The molecule has 1 aromatic heterocycles. The SMILES string of the molecule is CCC(CC)COC(=O)C(C)NP(=O)(OCC1OC(n2ccc(=O)[nH]c2=O)C(F)(Cl)C1O)Oc1ccccc1. The van der Waals surface area contributed by atoms with E-state index in [9.17, 15) is 24.1 Å². The van der Waals surface area contributed by atoms with Crippen LogP contribution in [0.5, 0.6) is 5.75 Å². The fourth-order valence-electron chi connectivity index (χ4n) is 3.74. The predicted octanol–water partition coefficient (Wildman–Crippen LogP) is 2.86. The van der Waals surface area contributed by atoms with Crippen molar-refractivity contribution in [1.29, 1.82) is 0 Å². The Labute approximate surface area is 229 Å². The molecule has 0 radical (unpaired) electrons. The molecule has 1 aliphatic heterocycles.